The Morgan fingerprint density at radius 3 is 2.56 bits per heavy atom. The van der Waals surface area contributed by atoms with Crippen LogP contribution in [0.5, 0.6) is 0 Å². The summed E-state index contributed by atoms with van der Waals surface area (Å²) in [6, 6.07) is -1.35. The van der Waals surface area contributed by atoms with E-state index in [1.165, 1.54) is 6.92 Å². The van der Waals surface area contributed by atoms with Gasteiger partial charge in [-0.2, -0.15) is 0 Å². The van der Waals surface area contributed by atoms with Gasteiger partial charge in [0.15, 0.2) is 0 Å². The predicted molar refractivity (Wildman–Crippen MR) is 61.6 cm³/mol. The van der Waals surface area contributed by atoms with Crippen molar-refractivity contribution in [2.45, 2.75) is 49.8 Å². The van der Waals surface area contributed by atoms with Crippen molar-refractivity contribution >= 4 is 5.91 Å². The van der Waals surface area contributed by atoms with E-state index in [1.54, 1.807) is 4.90 Å². The van der Waals surface area contributed by atoms with E-state index in [1.807, 2.05) is 0 Å². The normalized spacial score (nSPS) is 44.1. The number of hydrogen-bond donors (Lipinski definition) is 5. The first-order chi connectivity index (χ1) is 8.47. The SMILES string of the molecule is CC(=O)NC[C@@H]1[C@@H](O)[C@@H](O)[C@H]2[C@H](O)C[C@@H](CO)N21. The molecule has 0 bridgehead atoms. The largest absolute Gasteiger partial charge is 0.395 e. The third kappa shape index (κ3) is 2.12. The number of hydrogen-bond acceptors (Lipinski definition) is 6. The lowest BCUT2D eigenvalue weighted by Crippen LogP contribution is -2.49. The Balaban J connectivity index is 2.15. The second kappa shape index (κ2) is 5.10. The van der Waals surface area contributed by atoms with Crippen molar-refractivity contribution in [3.05, 3.63) is 0 Å². The molecule has 1 amide bonds. The molecule has 2 heterocycles. The molecule has 7 nitrogen and oxygen atoms in total. The monoisotopic (exact) mass is 260 g/mol. The molecule has 2 aliphatic rings. The number of aliphatic hydroxyl groups excluding tert-OH is 4. The summed E-state index contributed by atoms with van der Waals surface area (Å²) >= 11 is 0. The van der Waals surface area contributed by atoms with Gasteiger partial charge in [-0.3, -0.25) is 9.69 Å². The summed E-state index contributed by atoms with van der Waals surface area (Å²) in [5.74, 6) is -0.222. The second-order valence-corrected chi connectivity index (χ2v) is 5.06. The number of rotatable bonds is 3. The fourth-order valence-electron chi connectivity index (χ4n) is 3.13. The summed E-state index contributed by atoms with van der Waals surface area (Å²) in [5.41, 5.74) is 0. The molecule has 2 saturated heterocycles. The van der Waals surface area contributed by atoms with Gasteiger partial charge in [-0.1, -0.05) is 0 Å². The summed E-state index contributed by atoms with van der Waals surface area (Å²) < 4.78 is 0. The molecular weight excluding hydrogens is 240 g/mol. The Morgan fingerprint density at radius 1 is 1.33 bits per heavy atom. The maximum atomic E-state index is 10.9. The van der Waals surface area contributed by atoms with Crippen LogP contribution < -0.4 is 5.32 Å². The summed E-state index contributed by atoms with van der Waals surface area (Å²) in [6.07, 6.45) is -2.50. The average molecular weight is 260 g/mol. The molecule has 0 unspecified atom stereocenters. The van der Waals surface area contributed by atoms with Crippen LogP contribution in [0.3, 0.4) is 0 Å². The van der Waals surface area contributed by atoms with Crippen molar-refractivity contribution < 1.29 is 25.2 Å². The van der Waals surface area contributed by atoms with E-state index in [-0.39, 0.29) is 25.1 Å². The van der Waals surface area contributed by atoms with Crippen LogP contribution >= 0.6 is 0 Å². The number of nitrogens with one attached hydrogen (secondary N) is 1. The van der Waals surface area contributed by atoms with Crippen LogP contribution in [0.15, 0.2) is 0 Å². The Kier molecular flexibility index (Phi) is 3.88. The molecule has 0 saturated carbocycles. The summed E-state index contributed by atoms with van der Waals surface area (Å²) in [4.78, 5) is 12.7. The zero-order chi connectivity index (χ0) is 13.4. The summed E-state index contributed by atoms with van der Waals surface area (Å²) in [7, 11) is 0. The lowest BCUT2D eigenvalue weighted by Gasteiger charge is -2.29. The van der Waals surface area contributed by atoms with Crippen LogP contribution in [0.1, 0.15) is 13.3 Å². The molecule has 2 fully saturated rings. The Hall–Kier alpha value is -0.730. The molecule has 6 atom stereocenters. The number of carbonyl (C=O) groups excluding carboxylic acids is 1. The minimum absolute atomic E-state index is 0.149. The number of nitrogens with zero attached hydrogens (tertiary/aromatic N) is 1. The summed E-state index contributed by atoms with van der Waals surface area (Å²) in [5, 5.41) is 41.7. The van der Waals surface area contributed by atoms with E-state index in [4.69, 9.17) is 0 Å². The van der Waals surface area contributed by atoms with Gasteiger partial charge in [0.2, 0.25) is 5.91 Å². The smallest absolute Gasteiger partial charge is 0.216 e. The van der Waals surface area contributed by atoms with Gasteiger partial charge in [0.05, 0.1) is 37.0 Å². The first-order valence-electron chi connectivity index (χ1n) is 6.14. The fraction of sp³-hybridized carbons (Fsp3) is 0.909. The fourth-order valence-corrected chi connectivity index (χ4v) is 3.13. The molecule has 18 heavy (non-hydrogen) atoms. The van der Waals surface area contributed by atoms with Crippen molar-refractivity contribution in [1.29, 1.82) is 0 Å². The van der Waals surface area contributed by atoms with Crippen LogP contribution in [-0.2, 0) is 4.79 Å². The van der Waals surface area contributed by atoms with Gasteiger partial charge in [-0.25, -0.2) is 0 Å². The number of amides is 1. The van der Waals surface area contributed by atoms with E-state index in [0.29, 0.717) is 6.42 Å². The van der Waals surface area contributed by atoms with Crippen LogP contribution in [0.4, 0.5) is 0 Å². The van der Waals surface area contributed by atoms with Crippen LogP contribution in [0.2, 0.25) is 0 Å². The van der Waals surface area contributed by atoms with Crippen LogP contribution in [-0.4, -0.2) is 80.8 Å². The lowest BCUT2D eigenvalue weighted by atomic mass is 10.0. The van der Waals surface area contributed by atoms with E-state index in [0.717, 1.165) is 0 Å². The molecule has 104 valence electrons. The van der Waals surface area contributed by atoms with Gasteiger partial charge in [0, 0.05) is 19.5 Å². The highest BCUT2D eigenvalue weighted by Crippen LogP contribution is 2.37. The zero-order valence-electron chi connectivity index (χ0n) is 10.2. The highest BCUT2D eigenvalue weighted by Gasteiger charge is 2.56. The minimum atomic E-state index is -1.06. The number of carbonyl (C=O) groups is 1. The van der Waals surface area contributed by atoms with Crippen molar-refractivity contribution in [2.24, 2.45) is 0 Å². The van der Waals surface area contributed by atoms with Gasteiger partial charge in [0.1, 0.15) is 0 Å². The molecule has 0 aliphatic carbocycles. The van der Waals surface area contributed by atoms with Crippen molar-refractivity contribution in [2.75, 3.05) is 13.2 Å². The third-order valence-electron chi connectivity index (χ3n) is 3.92. The predicted octanol–water partition coefficient (Wildman–Crippen LogP) is -2.98. The van der Waals surface area contributed by atoms with Crippen LogP contribution in [0, 0.1) is 0 Å². The van der Waals surface area contributed by atoms with Gasteiger partial charge < -0.3 is 25.7 Å². The molecule has 0 aromatic carbocycles. The number of aliphatic hydroxyl groups is 4. The maximum absolute atomic E-state index is 10.9. The van der Waals surface area contributed by atoms with Crippen molar-refractivity contribution in [3.63, 3.8) is 0 Å². The van der Waals surface area contributed by atoms with E-state index in [2.05, 4.69) is 5.32 Å². The lowest BCUT2D eigenvalue weighted by molar-refractivity contribution is -0.119. The third-order valence-corrected chi connectivity index (χ3v) is 3.92. The highest BCUT2D eigenvalue weighted by molar-refractivity contribution is 5.72. The Bertz CT molecular complexity index is 327. The van der Waals surface area contributed by atoms with Gasteiger partial charge in [-0.05, 0) is 6.42 Å². The van der Waals surface area contributed by atoms with E-state index >= 15 is 0 Å². The quantitative estimate of drug-likeness (QED) is 0.370. The molecule has 0 radical (unpaired) electrons. The van der Waals surface area contributed by atoms with Crippen molar-refractivity contribution in [1.82, 2.24) is 10.2 Å². The standard InChI is InChI=1S/C11H20N2O5/c1-5(15)12-3-7-10(17)11(18)9-8(16)2-6(4-14)13(7)9/h6-11,14,16-18H,2-4H2,1H3,(H,12,15)/t6-,7+,8+,9+,10+,11-/m0/s1. The number of fused-ring (bicyclic) bond motifs is 1. The maximum Gasteiger partial charge on any atom is 0.216 e. The average Bonchev–Trinajstić information content (AvgIpc) is 2.76. The van der Waals surface area contributed by atoms with Gasteiger partial charge >= 0.3 is 0 Å². The van der Waals surface area contributed by atoms with E-state index < -0.39 is 30.4 Å². The first-order valence-corrected chi connectivity index (χ1v) is 6.14. The van der Waals surface area contributed by atoms with Crippen molar-refractivity contribution in [3.8, 4) is 0 Å². The van der Waals surface area contributed by atoms with Gasteiger partial charge in [0.25, 0.3) is 0 Å². The van der Waals surface area contributed by atoms with E-state index in [9.17, 15) is 25.2 Å². The Morgan fingerprint density at radius 2 is 2.00 bits per heavy atom. The minimum Gasteiger partial charge on any atom is -0.395 e. The zero-order valence-corrected chi connectivity index (χ0v) is 10.2. The molecular formula is C11H20N2O5. The highest BCUT2D eigenvalue weighted by atomic mass is 16.3. The van der Waals surface area contributed by atoms with Crippen LogP contribution in [0.25, 0.3) is 0 Å². The molecule has 2 aliphatic heterocycles. The van der Waals surface area contributed by atoms with Gasteiger partial charge in [-0.15, -0.1) is 0 Å². The Labute approximate surface area is 105 Å². The molecule has 2 rings (SSSR count). The molecule has 0 spiro atoms. The molecule has 5 N–H and O–H groups in total. The molecule has 0 aromatic rings. The molecule has 7 heteroatoms. The first kappa shape index (κ1) is 13.7. The summed E-state index contributed by atoms with van der Waals surface area (Å²) in [6.45, 7) is 1.41. The second-order valence-electron chi connectivity index (χ2n) is 5.06. The molecule has 0 aromatic heterocycles. The topological polar surface area (TPSA) is 113 Å².